The van der Waals surface area contributed by atoms with Gasteiger partial charge in [-0.25, -0.2) is 8.42 Å². The van der Waals surface area contributed by atoms with Crippen molar-refractivity contribution in [2.75, 3.05) is 6.26 Å². The second-order valence-electron chi connectivity index (χ2n) is 3.93. The van der Waals surface area contributed by atoms with Gasteiger partial charge in [-0.15, -0.1) is 0 Å². The molecule has 1 aromatic rings. The van der Waals surface area contributed by atoms with E-state index in [9.17, 15) is 8.42 Å². The smallest absolute Gasteiger partial charge is 0.175 e. The van der Waals surface area contributed by atoms with E-state index in [1.165, 1.54) is 6.26 Å². The van der Waals surface area contributed by atoms with Crippen LogP contribution in [0.15, 0.2) is 29.2 Å². The van der Waals surface area contributed by atoms with E-state index >= 15 is 0 Å². The Morgan fingerprint density at radius 1 is 1.27 bits per heavy atom. The van der Waals surface area contributed by atoms with Crippen LogP contribution in [-0.2, 0) is 16.3 Å². The quantitative estimate of drug-likeness (QED) is 0.845. The molecule has 2 N–H and O–H groups in total. The molecule has 0 saturated carbocycles. The first-order valence-electron chi connectivity index (χ1n) is 4.94. The van der Waals surface area contributed by atoms with Gasteiger partial charge >= 0.3 is 0 Å². The van der Waals surface area contributed by atoms with Gasteiger partial charge in [0.25, 0.3) is 0 Å². The number of benzene rings is 1. The molecule has 15 heavy (non-hydrogen) atoms. The number of aryl methyl sites for hydroxylation is 1. The number of hydrogen-bond acceptors (Lipinski definition) is 3. The summed E-state index contributed by atoms with van der Waals surface area (Å²) in [6.07, 6.45) is 3.02. The number of hydrogen-bond donors (Lipinski definition) is 1. The SMILES string of the molecule is CC(N)CCc1ccc(S(C)(=O)=O)cc1. The lowest BCUT2D eigenvalue weighted by atomic mass is 10.1. The van der Waals surface area contributed by atoms with Crippen molar-refractivity contribution in [2.24, 2.45) is 5.73 Å². The second-order valence-corrected chi connectivity index (χ2v) is 5.95. The Balaban J connectivity index is 2.73. The van der Waals surface area contributed by atoms with Crippen LogP contribution in [0.25, 0.3) is 0 Å². The maximum atomic E-state index is 11.2. The van der Waals surface area contributed by atoms with Crippen LogP contribution in [-0.4, -0.2) is 20.7 Å². The van der Waals surface area contributed by atoms with Gasteiger partial charge in [-0.1, -0.05) is 12.1 Å². The molecule has 0 aromatic heterocycles. The van der Waals surface area contributed by atoms with Crippen molar-refractivity contribution in [1.29, 1.82) is 0 Å². The van der Waals surface area contributed by atoms with Crippen LogP contribution >= 0.6 is 0 Å². The lowest BCUT2D eigenvalue weighted by molar-refractivity contribution is 0.601. The Hall–Kier alpha value is -0.870. The van der Waals surface area contributed by atoms with Gasteiger partial charge < -0.3 is 5.73 Å². The molecule has 0 spiro atoms. The minimum absolute atomic E-state index is 0.180. The van der Waals surface area contributed by atoms with Crippen molar-refractivity contribution >= 4 is 9.84 Å². The van der Waals surface area contributed by atoms with Crippen molar-refractivity contribution in [1.82, 2.24) is 0 Å². The predicted molar refractivity (Wildman–Crippen MR) is 61.5 cm³/mol. The van der Waals surface area contributed by atoms with Crippen molar-refractivity contribution in [3.8, 4) is 0 Å². The number of nitrogens with two attached hydrogens (primary N) is 1. The molecule has 0 heterocycles. The van der Waals surface area contributed by atoms with E-state index in [2.05, 4.69) is 0 Å². The van der Waals surface area contributed by atoms with E-state index in [1.54, 1.807) is 12.1 Å². The molecule has 0 bridgehead atoms. The normalized spacial score (nSPS) is 13.8. The van der Waals surface area contributed by atoms with Crippen molar-refractivity contribution in [2.45, 2.75) is 30.7 Å². The molecular weight excluding hydrogens is 210 g/mol. The molecule has 3 nitrogen and oxygen atoms in total. The molecule has 1 rings (SSSR count). The molecule has 0 amide bonds. The third-order valence-electron chi connectivity index (χ3n) is 2.24. The maximum Gasteiger partial charge on any atom is 0.175 e. The summed E-state index contributed by atoms with van der Waals surface area (Å²) in [5.41, 5.74) is 6.77. The molecule has 0 fully saturated rings. The Kier molecular flexibility index (Phi) is 3.88. The van der Waals surface area contributed by atoms with E-state index in [0.29, 0.717) is 4.90 Å². The first kappa shape index (κ1) is 12.2. The van der Waals surface area contributed by atoms with Gasteiger partial charge in [-0.3, -0.25) is 0 Å². The van der Waals surface area contributed by atoms with E-state index in [-0.39, 0.29) is 6.04 Å². The molecule has 0 saturated heterocycles. The summed E-state index contributed by atoms with van der Waals surface area (Å²) in [4.78, 5) is 0.368. The summed E-state index contributed by atoms with van der Waals surface area (Å²) in [5.74, 6) is 0. The van der Waals surface area contributed by atoms with Gasteiger partial charge in [0.15, 0.2) is 9.84 Å². The van der Waals surface area contributed by atoms with E-state index in [1.807, 2.05) is 19.1 Å². The van der Waals surface area contributed by atoms with Crippen LogP contribution in [0.5, 0.6) is 0 Å². The summed E-state index contributed by atoms with van der Waals surface area (Å²) in [6, 6.07) is 7.16. The Morgan fingerprint density at radius 3 is 2.20 bits per heavy atom. The molecule has 0 aliphatic carbocycles. The number of sulfone groups is 1. The second kappa shape index (κ2) is 4.77. The maximum absolute atomic E-state index is 11.2. The predicted octanol–water partition coefficient (Wildman–Crippen LogP) is 1.37. The average molecular weight is 227 g/mol. The van der Waals surface area contributed by atoms with Crippen molar-refractivity contribution in [3.63, 3.8) is 0 Å². The van der Waals surface area contributed by atoms with Crippen LogP contribution in [0.2, 0.25) is 0 Å². The summed E-state index contributed by atoms with van der Waals surface area (Å²) < 4.78 is 22.4. The number of rotatable bonds is 4. The highest BCUT2D eigenvalue weighted by molar-refractivity contribution is 7.90. The van der Waals surface area contributed by atoms with Crippen LogP contribution in [0.4, 0.5) is 0 Å². The van der Waals surface area contributed by atoms with Crippen LogP contribution in [0.3, 0.4) is 0 Å². The molecule has 0 radical (unpaired) electrons. The molecular formula is C11H17NO2S. The van der Waals surface area contributed by atoms with Crippen molar-refractivity contribution in [3.05, 3.63) is 29.8 Å². The Morgan fingerprint density at radius 2 is 1.80 bits per heavy atom. The summed E-state index contributed by atoms with van der Waals surface area (Å²) in [7, 11) is -3.08. The first-order chi connectivity index (χ1) is 6.89. The summed E-state index contributed by atoms with van der Waals surface area (Å²) >= 11 is 0. The molecule has 0 aliphatic heterocycles. The zero-order valence-corrected chi connectivity index (χ0v) is 9.92. The molecule has 1 aromatic carbocycles. The van der Waals surface area contributed by atoms with Gasteiger partial charge in [0.2, 0.25) is 0 Å². The minimum Gasteiger partial charge on any atom is -0.328 e. The highest BCUT2D eigenvalue weighted by Crippen LogP contribution is 2.11. The van der Waals surface area contributed by atoms with Gasteiger partial charge in [0.05, 0.1) is 4.90 Å². The third-order valence-corrected chi connectivity index (χ3v) is 3.37. The van der Waals surface area contributed by atoms with Gasteiger partial charge in [0, 0.05) is 12.3 Å². The van der Waals surface area contributed by atoms with Crippen molar-refractivity contribution < 1.29 is 8.42 Å². The minimum atomic E-state index is -3.08. The Labute approximate surface area is 91.2 Å². The van der Waals surface area contributed by atoms with Gasteiger partial charge in [-0.05, 0) is 37.5 Å². The largest absolute Gasteiger partial charge is 0.328 e. The highest BCUT2D eigenvalue weighted by Gasteiger charge is 2.06. The van der Waals surface area contributed by atoms with Crippen LogP contribution in [0.1, 0.15) is 18.9 Å². The zero-order chi connectivity index (χ0) is 11.5. The third kappa shape index (κ3) is 4.01. The first-order valence-corrected chi connectivity index (χ1v) is 6.83. The summed E-state index contributed by atoms with van der Waals surface area (Å²) in [5, 5.41) is 0. The van der Waals surface area contributed by atoms with Crippen LogP contribution < -0.4 is 5.73 Å². The average Bonchev–Trinajstić information content (AvgIpc) is 2.14. The van der Waals surface area contributed by atoms with Gasteiger partial charge in [-0.2, -0.15) is 0 Å². The summed E-state index contributed by atoms with van der Waals surface area (Å²) in [6.45, 7) is 1.96. The lowest BCUT2D eigenvalue weighted by Gasteiger charge is -2.05. The highest BCUT2D eigenvalue weighted by atomic mass is 32.2. The molecule has 0 aliphatic rings. The molecule has 4 heteroatoms. The van der Waals surface area contributed by atoms with E-state index in [4.69, 9.17) is 5.73 Å². The standard InChI is InChI=1S/C11H17NO2S/c1-9(12)3-4-10-5-7-11(8-6-10)15(2,13)14/h5-9H,3-4,12H2,1-2H3. The molecule has 1 atom stereocenters. The van der Waals surface area contributed by atoms with E-state index < -0.39 is 9.84 Å². The Bertz CT molecular complexity index is 407. The fourth-order valence-corrected chi connectivity index (χ4v) is 1.93. The fraction of sp³-hybridized carbons (Fsp3) is 0.455. The van der Waals surface area contributed by atoms with Crippen LogP contribution in [0, 0.1) is 0 Å². The lowest BCUT2D eigenvalue weighted by Crippen LogP contribution is -2.15. The zero-order valence-electron chi connectivity index (χ0n) is 9.10. The fourth-order valence-electron chi connectivity index (χ4n) is 1.30. The topological polar surface area (TPSA) is 60.2 Å². The molecule has 84 valence electrons. The van der Waals surface area contributed by atoms with E-state index in [0.717, 1.165) is 18.4 Å². The molecule has 1 unspecified atom stereocenters. The monoisotopic (exact) mass is 227 g/mol. The van der Waals surface area contributed by atoms with Gasteiger partial charge in [0.1, 0.15) is 0 Å².